The van der Waals surface area contributed by atoms with Gasteiger partial charge in [-0.1, -0.05) is 32.1 Å². The summed E-state index contributed by atoms with van der Waals surface area (Å²) in [5.74, 6) is 2.67. The van der Waals surface area contributed by atoms with E-state index in [1.165, 1.54) is 17.6 Å². The summed E-state index contributed by atoms with van der Waals surface area (Å²) >= 11 is 0. The van der Waals surface area contributed by atoms with Crippen molar-refractivity contribution in [2.24, 2.45) is 23.7 Å². The molecule has 0 aliphatic heterocycles. The smallest absolute Gasteiger partial charge is 0.0753 e. The number of allylic oxidation sites excluding steroid dienone is 2. The van der Waals surface area contributed by atoms with Gasteiger partial charge in [0, 0.05) is 0 Å². The van der Waals surface area contributed by atoms with Crippen molar-refractivity contribution in [3.63, 3.8) is 0 Å². The summed E-state index contributed by atoms with van der Waals surface area (Å²) in [6.45, 7) is 10.9. The summed E-state index contributed by atoms with van der Waals surface area (Å²) < 4.78 is 0. The first-order valence-electron chi connectivity index (χ1n) is 6.54. The molecule has 0 bridgehead atoms. The van der Waals surface area contributed by atoms with Crippen molar-refractivity contribution < 1.29 is 5.11 Å². The molecule has 2 aliphatic carbocycles. The van der Waals surface area contributed by atoms with Gasteiger partial charge in [-0.15, -0.1) is 0 Å². The van der Waals surface area contributed by atoms with Crippen LogP contribution in [0.25, 0.3) is 0 Å². The molecule has 0 spiro atoms. The Labute approximate surface area is 99.3 Å². The van der Waals surface area contributed by atoms with Gasteiger partial charge < -0.3 is 5.11 Å². The molecule has 1 heteroatoms. The Morgan fingerprint density at radius 3 is 2.75 bits per heavy atom. The second-order valence-corrected chi connectivity index (χ2v) is 5.95. The first-order chi connectivity index (χ1) is 7.50. The van der Waals surface area contributed by atoms with Crippen LogP contribution in [-0.4, -0.2) is 11.2 Å². The van der Waals surface area contributed by atoms with Crippen molar-refractivity contribution in [1.29, 1.82) is 0 Å². The van der Waals surface area contributed by atoms with Crippen LogP contribution in [-0.2, 0) is 0 Å². The molecule has 1 fully saturated rings. The molecular formula is C15H24O. The van der Waals surface area contributed by atoms with Gasteiger partial charge in [0.25, 0.3) is 0 Å². The minimum Gasteiger partial charge on any atom is -0.389 e. The fourth-order valence-corrected chi connectivity index (χ4v) is 3.48. The predicted octanol–water partition coefficient (Wildman–Crippen LogP) is 3.55. The zero-order valence-corrected chi connectivity index (χ0v) is 10.7. The Bertz CT molecular complexity index is 313. The van der Waals surface area contributed by atoms with Gasteiger partial charge in [-0.05, 0) is 55.4 Å². The van der Waals surface area contributed by atoms with Crippen LogP contribution in [0.5, 0.6) is 0 Å². The van der Waals surface area contributed by atoms with Crippen LogP contribution in [0.15, 0.2) is 23.8 Å². The van der Waals surface area contributed by atoms with Crippen molar-refractivity contribution in [1.82, 2.24) is 0 Å². The van der Waals surface area contributed by atoms with E-state index in [0.29, 0.717) is 11.8 Å². The van der Waals surface area contributed by atoms with Crippen LogP contribution in [0, 0.1) is 23.7 Å². The van der Waals surface area contributed by atoms with Crippen molar-refractivity contribution in [3.05, 3.63) is 23.8 Å². The van der Waals surface area contributed by atoms with E-state index < -0.39 is 0 Å². The molecule has 1 N–H and O–H groups in total. The van der Waals surface area contributed by atoms with Crippen LogP contribution >= 0.6 is 0 Å². The van der Waals surface area contributed by atoms with Crippen LogP contribution < -0.4 is 0 Å². The standard InChI is InChI=1S/C15H24O/c1-9(2)12-6-5-10(3)13-8-15(16)11(4)7-14(12)13/h7,9,12-16H,3,5-6,8H2,1-2,4H3/t12-,13-,14-,15+/m0/s1. The van der Waals surface area contributed by atoms with Gasteiger partial charge in [-0.2, -0.15) is 0 Å². The van der Waals surface area contributed by atoms with Crippen molar-refractivity contribution in [2.75, 3.05) is 0 Å². The third-order valence-corrected chi connectivity index (χ3v) is 4.60. The molecule has 0 saturated heterocycles. The highest BCUT2D eigenvalue weighted by molar-refractivity contribution is 5.22. The zero-order chi connectivity index (χ0) is 11.9. The topological polar surface area (TPSA) is 20.2 Å². The van der Waals surface area contributed by atoms with Gasteiger partial charge in [0.2, 0.25) is 0 Å². The summed E-state index contributed by atoms with van der Waals surface area (Å²) in [5, 5.41) is 9.95. The van der Waals surface area contributed by atoms with Crippen LogP contribution in [0.4, 0.5) is 0 Å². The lowest BCUT2D eigenvalue weighted by Crippen LogP contribution is -2.37. The van der Waals surface area contributed by atoms with Gasteiger partial charge in [0.1, 0.15) is 0 Å². The number of fused-ring (bicyclic) bond motifs is 1. The van der Waals surface area contributed by atoms with Gasteiger partial charge in [0.15, 0.2) is 0 Å². The number of rotatable bonds is 1. The third kappa shape index (κ3) is 1.98. The van der Waals surface area contributed by atoms with E-state index in [9.17, 15) is 5.11 Å². The maximum absolute atomic E-state index is 9.95. The highest BCUT2D eigenvalue weighted by Crippen LogP contribution is 2.47. The van der Waals surface area contributed by atoms with E-state index >= 15 is 0 Å². The lowest BCUT2D eigenvalue weighted by atomic mass is 9.62. The molecule has 16 heavy (non-hydrogen) atoms. The molecule has 4 atom stereocenters. The summed E-state index contributed by atoms with van der Waals surface area (Å²) in [4.78, 5) is 0. The normalized spacial score (nSPS) is 39.6. The molecule has 0 aromatic carbocycles. The molecule has 0 radical (unpaired) electrons. The number of aliphatic hydroxyl groups is 1. The van der Waals surface area contributed by atoms with E-state index in [1.54, 1.807) is 0 Å². The third-order valence-electron chi connectivity index (χ3n) is 4.60. The quantitative estimate of drug-likeness (QED) is 0.670. The highest BCUT2D eigenvalue weighted by atomic mass is 16.3. The van der Waals surface area contributed by atoms with Crippen molar-refractivity contribution in [2.45, 2.75) is 46.1 Å². The van der Waals surface area contributed by atoms with E-state index in [-0.39, 0.29) is 6.10 Å². The molecule has 1 nitrogen and oxygen atoms in total. The second kappa shape index (κ2) is 4.37. The van der Waals surface area contributed by atoms with Gasteiger partial charge in [-0.3, -0.25) is 0 Å². The van der Waals surface area contributed by atoms with E-state index in [1.807, 2.05) is 0 Å². The Kier molecular flexibility index (Phi) is 3.25. The van der Waals surface area contributed by atoms with Crippen molar-refractivity contribution >= 4 is 0 Å². The summed E-state index contributed by atoms with van der Waals surface area (Å²) in [5.41, 5.74) is 2.53. The molecule has 0 aromatic heterocycles. The monoisotopic (exact) mass is 220 g/mol. The summed E-state index contributed by atoms with van der Waals surface area (Å²) in [6, 6.07) is 0. The fourth-order valence-electron chi connectivity index (χ4n) is 3.48. The van der Waals surface area contributed by atoms with Gasteiger partial charge >= 0.3 is 0 Å². The molecule has 0 unspecified atom stereocenters. The first kappa shape index (κ1) is 11.9. The highest BCUT2D eigenvalue weighted by Gasteiger charge is 2.39. The first-order valence-corrected chi connectivity index (χ1v) is 6.54. The Morgan fingerprint density at radius 2 is 2.12 bits per heavy atom. The SMILES string of the molecule is C=C1CC[C@@H](C(C)C)[C@@H]2C=C(C)[C@H](O)C[C@@H]12. The van der Waals surface area contributed by atoms with Crippen molar-refractivity contribution in [3.8, 4) is 0 Å². The molecular weight excluding hydrogens is 196 g/mol. The minimum atomic E-state index is -0.232. The van der Waals surface area contributed by atoms with Crippen LogP contribution in [0.3, 0.4) is 0 Å². The Morgan fingerprint density at radius 1 is 1.44 bits per heavy atom. The molecule has 0 amide bonds. The van der Waals surface area contributed by atoms with E-state index in [0.717, 1.165) is 24.7 Å². The molecule has 0 aromatic rings. The van der Waals surface area contributed by atoms with Gasteiger partial charge in [0.05, 0.1) is 6.10 Å². The lowest BCUT2D eigenvalue weighted by molar-refractivity contribution is 0.110. The molecule has 2 rings (SSSR count). The Balaban J connectivity index is 2.28. The lowest BCUT2D eigenvalue weighted by Gasteiger charge is -2.44. The van der Waals surface area contributed by atoms with Crippen LogP contribution in [0.2, 0.25) is 0 Å². The second-order valence-electron chi connectivity index (χ2n) is 5.95. The fraction of sp³-hybridized carbons (Fsp3) is 0.733. The maximum atomic E-state index is 9.95. The molecule has 90 valence electrons. The predicted molar refractivity (Wildman–Crippen MR) is 68.1 cm³/mol. The average molecular weight is 220 g/mol. The van der Waals surface area contributed by atoms with Gasteiger partial charge in [-0.25, -0.2) is 0 Å². The average Bonchev–Trinajstić information content (AvgIpc) is 2.21. The number of hydrogen-bond acceptors (Lipinski definition) is 1. The summed E-state index contributed by atoms with van der Waals surface area (Å²) in [6.07, 6.45) is 5.42. The Hall–Kier alpha value is -0.560. The minimum absolute atomic E-state index is 0.232. The van der Waals surface area contributed by atoms with E-state index in [2.05, 4.69) is 33.4 Å². The largest absolute Gasteiger partial charge is 0.389 e. The molecule has 0 heterocycles. The number of hydrogen-bond donors (Lipinski definition) is 1. The van der Waals surface area contributed by atoms with Crippen LogP contribution in [0.1, 0.15) is 40.0 Å². The number of aliphatic hydroxyl groups excluding tert-OH is 1. The van der Waals surface area contributed by atoms with E-state index in [4.69, 9.17) is 0 Å². The summed E-state index contributed by atoms with van der Waals surface area (Å²) in [7, 11) is 0. The molecule has 2 aliphatic rings. The maximum Gasteiger partial charge on any atom is 0.0753 e. The zero-order valence-electron chi connectivity index (χ0n) is 10.7. The molecule has 1 saturated carbocycles.